The molecule has 2 bridgehead atoms. The second kappa shape index (κ2) is 11.9. The highest BCUT2D eigenvalue weighted by Gasteiger charge is 2.39. The molecule has 1 aromatic carbocycles. The van der Waals surface area contributed by atoms with Crippen molar-refractivity contribution in [1.29, 1.82) is 0 Å². The van der Waals surface area contributed by atoms with Crippen molar-refractivity contribution in [3.8, 4) is 11.3 Å². The van der Waals surface area contributed by atoms with Crippen LogP contribution in [0, 0.1) is 11.7 Å². The number of fused-ring (bicyclic) bond motifs is 4. The van der Waals surface area contributed by atoms with E-state index < -0.39 is 5.82 Å². The highest BCUT2D eigenvalue weighted by molar-refractivity contribution is 7.14. The Balaban J connectivity index is 1.10. The Hall–Kier alpha value is -4.24. The maximum Gasteiger partial charge on any atom is 0.274 e. The van der Waals surface area contributed by atoms with E-state index in [-0.39, 0.29) is 17.3 Å². The van der Waals surface area contributed by atoms with Crippen LogP contribution >= 0.6 is 11.3 Å². The molecule has 1 aliphatic heterocycles. The zero-order valence-electron chi connectivity index (χ0n) is 25.9. The lowest BCUT2D eigenvalue weighted by Crippen LogP contribution is -2.24. The van der Waals surface area contributed by atoms with Gasteiger partial charge in [0, 0.05) is 48.1 Å². The van der Waals surface area contributed by atoms with Crippen LogP contribution in [-0.4, -0.2) is 28.5 Å². The molecule has 1 saturated carbocycles. The molecule has 0 spiro atoms. The normalized spacial score (nSPS) is 20.8. The highest BCUT2D eigenvalue weighted by Crippen LogP contribution is 2.54. The summed E-state index contributed by atoms with van der Waals surface area (Å²) in [4.78, 5) is 35.1. The minimum absolute atomic E-state index is 0.128. The molecule has 2 aliphatic carbocycles. The van der Waals surface area contributed by atoms with Gasteiger partial charge in [0.15, 0.2) is 11.6 Å². The molecule has 3 aliphatic rings. The Labute approximate surface area is 266 Å². The van der Waals surface area contributed by atoms with Crippen LogP contribution in [-0.2, 0) is 7.05 Å². The number of pyridine rings is 2. The zero-order chi connectivity index (χ0) is 31.2. The molecule has 0 radical (unpaired) electrons. The van der Waals surface area contributed by atoms with E-state index in [0.717, 1.165) is 37.3 Å². The Morgan fingerprint density at radius 2 is 1.91 bits per heavy atom. The van der Waals surface area contributed by atoms with Gasteiger partial charge in [-0.15, -0.1) is 11.3 Å². The van der Waals surface area contributed by atoms with Crippen LogP contribution in [0.3, 0.4) is 0 Å². The number of nitrogens with zero attached hydrogens (tertiary/aromatic N) is 3. The number of hydrogen-bond acceptors (Lipinski definition) is 6. The van der Waals surface area contributed by atoms with Crippen LogP contribution in [0.15, 0.2) is 71.2 Å². The molecular weight excluding hydrogens is 585 g/mol. The lowest BCUT2D eigenvalue weighted by Gasteiger charge is -2.25. The SMILES string of the molecule is CC1=CCCN(c2ccc(Nc3cc(-c4ccc(F)c(NC(=O)c5cc6c(s5)C(C)C5CC[C@H]6C5)n4)cn(C)c3=O)cc2)CC1. The van der Waals surface area contributed by atoms with Crippen molar-refractivity contribution in [2.45, 2.75) is 57.8 Å². The van der Waals surface area contributed by atoms with Gasteiger partial charge < -0.3 is 20.1 Å². The minimum atomic E-state index is -0.612. The Morgan fingerprint density at radius 3 is 2.73 bits per heavy atom. The van der Waals surface area contributed by atoms with Gasteiger partial charge in [-0.1, -0.05) is 18.6 Å². The van der Waals surface area contributed by atoms with Gasteiger partial charge in [0.05, 0.1) is 10.6 Å². The molecule has 9 heteroatoms. The standard InChI is InChI=1S/C36H38FN5O2S/c1-21-5-4-15-42(16-14-21)27-10-8-26(9-11-27)38-31-18-25(20-41(3)36(31)44)30-13-12-29(37)34(39-30)40-35(43)32-19-28-24-7-6-23(17-24)22(2)33(28)45-32/h5,8-13,18-20,22-24,38H,4,6-7,14-17H2,1-3H3,(H,39,40,43)/t22?,23?,24-/m0/s1. The molecule has 7 rings (SSSR count). The number of anilines is 4. The molecule has 45 heavy (non-hydrogen) atoms. The number of carbonyl (C=O) groups is 1. The monoisotopic (exact) mass is 623 g/mol. The van der Waals surface area contributed by atoms with Crippen molar-refractivity contribution in [2.75, 3.05) is 28.6 Å². The molecular formula is C36H38FN5O2S. The van der Waals surface area contributed by atoms with E-state index in [4.69, 9.17) is 0 Å². The minimum Gasteiger partial charge on any atom is -0.371 e. The van der Waals surface area contributed by atoms with Crippen molar-refractivity contribution in [1.82, 2.24) is 9.55 Å². The molecule has 0 saturated heterocycles. The Kier molecular flexibility index (Phi) is 7.81. The zero-order valence-corrected chi connectivity index (χ0v) is 26.7. The van der Waals surface area contributed by atoms with Crippen LogP contribution < -0.4 is 21.1 Å². The number of aromatic nitrogens is 2. The molecule has 3 aromatic heterocycles. The van der Waals surface area contributed by atoms with Crippen LogP contribution in [0.1, 0.15) is 77.9 Å². The summed E-state index contributed by atoms with van der Waals surface area (Å²) in [5, 5.41) is 5.98. The second-order valence-corrected chi connectivity index (χ2v) is 13.9. The summed E-state index contributed by atoms with van der Waals surface area (Å²) in [6.45, 7) is 6.41. The third kappa shape index (κ3) is 5.81. The molecule has 3 atom stereocenters. The van der Waals surface area contributed by atoms with Crippen LogP contribution in [0.2, 0.25) is 0 Å². The van der Waals surface area contributed by atoms with Gasteiger partial charge in [-0.2, -0.15) is 0 Å². The lowest BCUT2D eigenvalue weighted by molar-refractivity contribution is 0.102. The van der Waals surface area contributed by atoms with Gasteiger partial charge in [0.2, 0.25) is 0 Å². The molecule has 232 valence electrons. The topological polar surface area (TPSA) is 79.3 Å². The number of aryl methyl sites for hydroxylation is 1. The first-order valence-corrected chi connectivity index (χ1v) is 16.7. The van der Waals surface area contributed by atoms with E-state index in [0.29, 0.717) is 39.6 Å². The van der Waals surface area contributed by atoms with E-state index in [9.17, 15) is 14.0 Å². The molecule has 2 unspecified atom stereocenters. The van der Waals surface area contributed by atoms with Gasteiger partial charge >= 0.3 is 0 Å². The van der Waals surface area contributed by atoms with Gasteiger partial charge in [-0.05, 0) is 111 Å². The molecule has 1 fully saturated rings. The van der Waals surface area contributed by atoms with Crippen LogP contribution in [0.25, 0.3) is 11.3 Å². The first kappa shape index (κ1) is 29.5. The maximum atomic E-state index is 14.9. The molecule has 1 amide bonds. The van der Waals surface area contributed by atoms with Crippen LogP contribution in [0.4, 0.5) is 27.3 Å². The number of thiophene rings is 1. The highest BCUT2D eigenvalue weighted by atomic mass is 32.1. The quantitative estimate of drug-likeness (QED) is 0.212. The smallest absolute Gasteiger partial charge is 0.274 e. The van der Waals surface area contributed by atoms with E-state index in [1.807, 2.05) is 18.2 Å². The van der Waals surface area contributed by atoms with Crippen molar-refractivity contribution in [2.24, 2.45) is 13.0 Å². The number of rotatable bonds is 6. The van der Waals surface area contributed by atoms with Crippen molar-refractivity contribution in [3.63, 3.8) is 0 Å². The second-order valence-electron chi connectivity index (χ2n) is 12.8. The van der Waals surface area contributed by atoms with Gasteiger partial charge in [-0.3, -0.25) is 9.59 Å². The molecule has 4 heterocycles. The fourth-order valence-corrected chi connectivity index (χ4v) is 8.42. The first-order valence-electron chi connectivity index (χ1n) is 15.8. The predicted octanol–water partition coefficient (Wildman–Crippen LogP) is 8.19. The third-order valence-electron chi connectivity index (χ3n) is 9.78. The summed E-state index contributed by atoms with van der Waals surface area (Å²) in [5.74, 6) is 0.591. The average molecular weight is 624 g/mol. The van der Waals surface area contributed by atoms with Crippen LogP contribution in [0.5, 0.6) is 0 Å². The van der Waals surface area contributed by atoms with Crippen molar-refractivity contribution in [3.05, 3.63) is 97.9 Å². The average Bonchev–Trinajstić information content (AvgIpc) is 3.63. The third-order valence-corrected chi connectivity index (χ3v) is 11.1. The number of halogens is 1. The largest absolute Gasteiger partial charge is 0.371 e. The summed E-state index contributed by atoms with van der Waals surface area (Å²) in [6, 6.07) is 14.7. The molecule has 2 N–H and O–H groups in total. The van der Waals surface area contributed by atoms with Gasteiger partial charge in [-0.25, -0.2) is 9.37 Å². The first-order chi connectivity index (χ1) is 21.7. The van der Waals surface area contributed by atoms with E-state index in [1.165, 1.54) is 57.2 Å². The van der Waals surface area contributed by atoms with E-state index in [1.54, 1.807) is 25.4 Å². The number of nitrogens with one attached hydrogen (secondary N) is 2. The summed E-state index contributed by atoms with van der Waals surface area (Å²) in [7, 11) is 1.67. The van der Waals surface area contributed by atoms with Gasteiger partial charge in [0.25, 0.3) is 11.5 Å². The number of carbonyl (C=O) groups excluding carboxylic acids is 1. The molecule has 4 aromatic rings. The summed E-state index contributed by atoms with van der Waals surface area (Å²) in [5.41, 5.74) is 5.91. The van der Waals surface area contributed by atoms with Crippen molar-refractivity contribution < 1.29 is 9.18 Å². The van der Waals surface area contributed by atoms with Gasteiger partial charge in [0.1, 0.15) is 5.69 Å². The Morgan fingerprint density at radius 1 is 1.09 bits per heavy atom. The summed E-state index contributed by atoms with van der Waals surface area (Å²) in [6.07, 6.45) is 9.70. The number of hydrogen-bond donors (Lipinski definition) is 2. The molecule has 7 nitrogen and oxygen atoms in total. The number of amides is 1. The fourth-order valence-electron chi connectivity index (χ4n) is 7.14. The summed E-state index contributed by atoms with van der Waals surface area (Å²) < 4.78 is 16.4. The number of benzene rings is 1. The maximum absolute atomic E-state index is 14.9. The van der Waals surface area contributed by atoms with E-state index in [2.05, 4.69) is 52.6 Å². The Bertz CT molecular complexity index is 1850. The lowest BCUT2D eigenvalue weighted by atomic mass is 9.81. The van der Waals surface area contributed by atoms with Crippen molar-refractivity contribution >= 4 is 40.1 Å². The fraction of sp³-hybridized carbons (Fsp3) is 0.361. The summed E-state index contributed by atoms with van der Waals surface area (Å²) >= 11 is 1.53. The van der Waals surface area contributed by atoms with E-state index >= 15 is 0 Å². The predicted molar refractivity (Wildman–Crippen MR) is 181 cm³/mol.